The highest BCUT2D eigenvalue weighted by atomic mass is 79.9. The molecule has 1 aromatic carbocycles. The molecule has 0 saturated heterocycles. The van der Waals surface area contributed by atoms with Crippen LogP contribution in [-0.2, 0) is 6.54 Å². The van der Waals surface area contributed by atoms with Gasteiger partial charge in [-0.25, -0.2) is 0 Å². The van der Waals surface area contributed by atoms with Crippen molar-refractivity contribution in [1.29, 1.82) is 0 Å². The van der Waals surface area contributed by atoms with Crippen LogP contribution in [0.25, 0.3) is 0 Å². The SMILES string of the molecule is O=C(NCCCn1cccn1)c1cc(Br)cc(Br)c1. The molecule has 1 N–H and O–H groups in total. The fourth-order valence-corrected chi connectivity index (χ4v) is 2.96. The van der Waals surface area contributed by atoms with E-state index in [1.807, 2.05) is 23.0 Å². The minimum atomic E-state index is -0.0672. The Labute approximate surface area is 128 Å². The van der Waals surface area contributed by atoms with E-state index in [0.717, 1.165) is 21.9 Å². The minimum Gasteiger partial charge on any atom is -0.352 e. The highest BCUT2D eigenvalue weighted by Gasteiger charge is 2.06. The van der Waals surface area contributed by atoms with E-state index >= 15 is 0 Å². The van der Waals surface area contributed by atoms with E-state index in [2.05, 4.69) is 42.3 Å². The summed E-state index contributed by atoms with van der Waals surface area (Å²) >= 11 is 6.74. The predicted octanol–water partition coefficient (Wildman–Crippen LogP) is 3.23. The van der Waals surface area contributed by atoms with Gasteiger partial charge in [-0.15, -0.1) is 0 Å². The number of rotatable bonds is 5. The van der Waals surface area contributed by atoms with Crippen molar-refractivity contribution in [3.63, 3.8) is 0 Å². The lowest BCUT2D eigenvalue weighted by molar-refractivity contribution is 0.0952. The van der Waals surface area contributed by atoms with Crippen molar-refractivity contribution in [3.05, 3.63) is 51.2 Å². The van der Waals surface area contributed by atoms with Gasteiger partial charge in [-0.05, 0) is 30.7 Å². The standard InChI is InChI=1S/C13H13Br2N3O/c14-11-7-10(8-12(15)9-11)13(19)16-3-1-5-18-6-2-4-17-18/h2,4,6-9H,1,3,5H2,(H,16,19). The van der Waals surface area contributed by atoms with Crippen LogP contribution in [0.15, 0.2) is 45.6 Å². The van der Waals surface area contributed by atoms with E-state index < -0.39 is 0 Å². The maximum Gasteiger partial charge on any atom is 0.251 e. The molecule has 1 amide bonds. The third-order valence-corrected chi connectivity index (χ3v) is 3.45. The first-order valence-electron chi connectivity index (χ1n) is 5.87. The topological polar surface area (TPSA) is 46.9 Å². The molecule has 19 heavy (non-hydrogen) atoms. The van der Waals surface area contributed by atoms with Crippen LogP contribution in [0, 0.1) is 0 Å². The number of benzene rings is 1. The zero-order chi connectivity index (χ0) is 13.7. The number of hydrogen-bond acceptors (Lipinski definition) is 2. The fourth-order valence-electron chi connectivity index (χ4n) is 1.66. The van der Waals surface area contributed by atoms with E-state index in [1.165, 1.54) is 0 Å². The Morgan fingerprint density at radius 3 is 2.63 bits per heavy atom. The van der Waals surface area contributed by atoms with Gasteiger partial charge in [0, 0.05) is 40.0 Å². The van der Waals surface area contributed by atoms with Crippen molar-refractivity contribution in [2.24, 2.45) is 0 Å². The summed E-state index contributed by atoms with van der Waals surface area (Å²) in [6.45, 7) is 1.43. The zero-order valence-electron chi connectivity index (χ0n) is 10.1. The van der Waals surface area contributed by atoms with Crippen LogP contribution in [-0.4, -0.2) is 22.2 Å². The molecule has 0 aliphatic heterocycles. The van der Waals surface area contributed by atoms with Gasteiger partial charge < -0.3 is 5.32 Å². The summed E-state index contributed by atoms with van der Waals surface area (Å²) in [6.07, 6.45) is 4.51. The number of aryl methyl sites for hydroxylation is 1. The highest BCUT2D eigenvalue weighted by molar-refractivity contribution is 9.11. The molecule has 0 spiro atoms. The normalized spacial score (nSPS) is 10.4. The van der Waals surface area contributed by atoms with Crippen LogP contribution in [0.3, 0.4) is 0 Å². The molecule has 0 unspecified atom stereocenters. The molecule has 0 fully saturated rings. The molecular weight excluding hydrogens is 374 g/mol. The van der Waals surface area contributed by atoms with Crippen LogP contribution in [0.1, 0.15) is 16.8 Å². The van der Waals surface area contributed by atoms with Crippen molar-refractivity contribution >= 4 is 37.8 Å². The Morgan fingerprint density at radius 1 is 1.26 bits per heavy atom. The lowest BCUT2D eigenvalue weighted by atomic mass is 10.2. The summed E-state index contributed by atoms with van der Waals surface area (Å²) < 4.78 is 3.61. The van der Waals surface area contributed by atoms with Gasteiger partial charge in [0.15, 0.2) is 0 Å². The largest absolute Gasteiger partial charge is 0.352 e. The molecule has 0 aliphatic rings. The second-order valence-corrected chi connectivity index (χ2v) is 5.87. The van der Waals surface area contributed by atoms with Crippen LogP contribution in [0.4, 0.5) is 0 Å². The lowest BCUT2D eigenvalue weighted by Crippen LogP contribution is -2.25. The van der Waals surface area contributed by atoms with Crippen molar-refractivity contribution in [2.75, 3.05) is 6.54 Å². The van der Waals surface area contributed by atoms with Crippen LogP contribution in [0.2, 0.25) is 0 Å². The van der Waals surface area contributed by atoms with Gasteiger partial charge in [0.2, 0.25) is 0 Å². The molecule has 0 saturated carbocycles. The van der Waals surface area contributed by atoms with Gasteiger partial charge >= 0.3 is 0 Å². The Kier molecular flexibility index (Phi) is 5.15. The van der Waals surface area contributed by atoms with Crippen LogP contribution < -0.4 is 5.32 Å². The molecular formula is C13H13Br2N3O. The summed E-state index contributed by atoms with van der Waals surface area (Å²) in [6, 6.07) is 7.38. The third-order valence-electron chi connectivity index (χ3n) is 2.53. The number of amides is 1. The predicted molar refractivity (Wildman–Crippen MR) is 81.0 cm³/mol. The first-order valence-corrected chi connectivity index (χ1v) is 7.45. The van der Waals surface area contributed by atoms with Crippen molar-refractivity contribution in [2.45, 2.75) is 13.0 Å². The summed E-state index contributed by atoms with van der Waals surface area (Å²) in [5, 5.41) is 7.00. The smallest absolute Gasteiger partial charge is 0.251 e. The molecule has 0 aliphatic carbocycles. The second-order valence-electron chi connectivity index (χ2n) is 4.04. The van der Waals surface area contributed by atoms with Gasteiger partial charge in [-0.2, -0.15) is 5.10 Å². The third kappa shape index (κ3) is 4.47. The Morgan fingerprint density at radius 2 is 2.00 bits per heavy atom. The number of aromatic nitrogens is 2. The van der Waals surface area contributed by atoms with E-state index in [4.69, 9.17) is 0 Å². The quantitative estimate of drug-likeness (QED) is 0.802. The maximum absolute atomic E-state index is 11.9. The molecule has 2 rings (SSSR count). The van der Waals surface area contributed by atoms with Crippen LogP contribution >= 0.6 is 31.9 Å². The average Bonchev–Trinajstić information content (AvgIpc) is 2.86. The van der Waals surface area contributed by atoms with Crippen molar-refractivity contribution in [3.8, 4) is 0 Å². The zero-order valence-corrected chi connectivity index (χ0v) is 13.3. The second kappa shape index (κ2) is 6.86. The number of nitrogens with zero attached hydrogens (tertiary/aromatic N) is 2. The van der Waals surface area contributed by atoms with E-state index in [1.54, 1.807) is 18.3 Å². The fraction of sp³-hybridized carbons (Fsp3) is 0.231. The lowest BCUT2D eigenvalue weighted by Gasteiger charge is -2.06. The van der Waals surface area contributed by atoms with Gasteiger partial charge in [0.05, 0.1) is 0 Å². The molecule has 6 heteroatoms. The van der Waals surface area contributed by atoms with Gasteiger partial charge in [0.1, 0.15) is 0 Å². The number of carbonyl (C=O) groups excluding carboxylic acids is 1. The highest BCUT2D eigenvalue weighted by Crippen LogP contribution is 2.19. The number of carbonyl (C=O) groups is 1. The monoisotopic (exact) mass is 385 g/mol. The summed E-state index contributed by atoms with van der Waals surface area (Å²) in [4.78, 5) is 11.9. The number of nitrogens with one attached hydrogen (secondary N) is 1. The maximum atomic E-state index is 11.9. The average molecular weight is 387 g/mol. The molecule has 0 radical (unpaired) electrons. The van der Waals surface area contributed by atoms with Crippen molar-refractivity contribution in [1.82, 2.24) is 15.1 Å². The molecule has 1 aromatic heterocycles. The number of hydrogen-bond donors (Lipinski definition) is 1. The first kappa shape index (κ1) is 14.3. The minimum absolute atomic E-state index is 0.0672. The Balaban J connectivity index is 1.80. The molecule has 1 heterocycles. The number of halogens is 2. The summed E-state index contributed by atoms with van der Waals surface area (Å²) in [5.74, 6) is -0.0672. The van der Waals surface area contributed by atoms with E-state index in [0.29, 0.717) is 12.1 Å². The summed E-state index contributed by atoms with van der Waals surface area (Å²) in [7, 11) is 0. The van der Waals surface area contributed by atoms with Gasteiger partial charge in [0.25, 0.3) is 5.91 Å². The molecule has 4 nitrogen and oxygen atoms in total. The van der Waals surface area contributed by atoms with Gasteiger partial charge in [-0.1, -0.05) is 31.9 Å². The summed E-state index contributed by atoms with van der Waals surface area (Å²) in [5.41, 5.74) is 0.639. The van der Waals surface area contributed by atoms with E-state index in [9.17, 15) is 4.79 Å². The Bertz CT molecular complexity index is 535. The Hall–Kier alpha value is -1.14. The van der Waals surface area contributed by atoms with Crippen LogP contribution in [0.5, 0.6) is 0 Å². The van der Waals surface area contributed by atoms with Crippen molar-refractivity contribution < 1.29 is 4.79 Å². The van der Waals surface area contributed by atoms with Gasteiger partial charge in [-0.3, -0.25) is 9.48 Å². The molecule has 2 aromatic rings. The van der Waals surface area contributed by atoms with E-state index in [-0.39, 0.29) is 5.91 Å². The molecule has 0 bridgehead atoms. The molecule has 0 atom stereocenters. The first-order chi connectivity index (χ1) is 9.15. The molecule has 100 valence electrons.